The molecular formula is C10H11F3N2O3S. The number of oxazole rings is 1. The number of hydrogen-bond acceptors (Lipinski definition) is 5. The van der Waals surface area contributed by atoms with E-state index in [1.54, 1.807) is 6.92 Å². The summed E-state index contributed by atoms with van der Waals surface area (Å²) in [6.07, 6.45) is -0.579. The molecule has 0 N–H and O–H groups in total. The van der Waals surface area contributed by atoms with E-state index >= 15 is 0 Å². The number of aromatic nitrogens is 1. The fourth-order valence-corrected chi connectivity index (χ4v) is 1.86. The molecule has 0 radical (unpaired) electrons. The smallest absolute Gasteiger partial charge is 0.301 e. The third kappa shape index (κ3) is 5.25. The Balaban J connectivity index is 2.56. The summed E-state index contributed by atoms with van der Waals surface area (Å²) in [6, 6.07) is 0. The predicted octanol–water partition coefficient (Wildman–Crippen LogP) is 2.62. The minimum atomic E-state index is -2.41. The lowest BCUT2D eigenvalue weighted by Gasteiger charge is -1.95. The highest BCUT2D eigenvalue weighted by atomic mass is 32.2. The van der Waals surface area contributed by atoms with Gasteiger partial charge < -0.3 is 9.25 Å². The minimum absolute atomic E-state index is 0.176. The Labute approximate surface area is 109 Å². The molecule has 1 unspecified atom stereocenters. The molecule has 0 saturated carbocycles. The average molecular weight is 296 g/mol. The van der Waals surface area contributed by atoms with Gasteiger partial charge in [0.15, 0.2) is 11.6 Å². The fourth-order valence-electron chi connectivity index (χ4n) is 0.963. The molecule has 0 amide bonds. The van der Waals surface area contributed by atoms with Gasteiger partial charge >= 0.3 is 6.08 Å². The van der Waals surface area contributed by atoms with Crippen molar-refractivity contribution in [3.8, 4) is 0 Å². The van der Waals surface area contributed by atoms with E-state index in [1.165, 1.54) is 12.4 Å². The van der Waals surface area contributed by atoms with E-state index < -0.39 is 29.1 Å². The minimum Gasteiger partial charge on any atom is -0.429 e. The summed E-state index contributed by atoms with van der Waals surface area (Å²) in [5.41, 5.74) is 0. The Morgan fingerprint density at radius 3 is 2.95 bits per heavy atom. The molecule has 0 spiro atoms. The summed E-state index contributed by atoms with van der Waals surface area (Å²) in [4.78, 5) is 8.36. The van der Waals surface area contributed by atoms with Crippen molar-refractivity contribution in [2.75, 3.05) is 12.4 Å². The van der Waals surface area contributed by atoms with Crippen molar-refractivity contribution in [2.45, 2.75) is 18.6 Å². The van der Waals surface area contributed by atoms with Crippen molar-refractivity contribution < 1.29 is 26.6 Å². The van der Waals surface area contributed by atoms with E-state index in [9.17, 15) is 17.4 Å². The van der Waals surface area contributed by atoms with Gasteiger partial charge in [-0.3, -0.25) is 0 Å². The molecule has 0 saturated heterocycles. The van der Waals surface area contributed by atoms with E-state index in [1.807, 2.05) is 0 Å². The lowest BCUT2D eigenvalue weighted by molar-refractivity contribution is 0.160. The standard InChI is InChI=1S/C10H11F3N2O3S/c1-2-17-15-6-7-5-14-10(18-7)19(16)4-3-8(11)9(12)13/h5-6H,2-4H2,1H3/b15-6-. The molecule has 0 aromatic carbocycles. The molecule has 0 aliphatic carbocycles. The summed E-state index contributed by atoms with van der Waals surface area (Å²) >= 11 is 0. The maximum atomic E-state index is 12.5. The van der Waals surface area contributed by atoms with Gasteiger partial charge in [-0.15, -0.1) is 0 Å². The first kappa shape index (κ1) is 15.4. The van der Waals surface area contributed by atoms with Crippen molar-refractivity contribution in [2.24, 2.45) is 5.16 Å². The van der Waals surface area contributed by atoms with Crippen molar-refractivity contribution in [3.05, 3.63) is 23.9 Å². The highest BCUT2D eigenvalue weighted by molar-refractivity contribution is 7.84. The molecule has 0 fully saturated rings. The molecule has 1 atom stereocenters. The number of rotatable bonds is 7. The molecule has 1 aromatic heterocycles. The second-order valence-corrected chi connectivity index (χ2v) is 4.59. The Morgan fingerprint density at radius 2 is 2.32 bits per heavy atom. The second-order valence-electron chi connectivity index (χ2n) is 3.15. The summed E-state index contributed by atoms with van der Waals surface area (Å²) in [7, 11) is -1.79. The summed E-state index contributed by atoms with van der Waals surface area (Å²) < 4.78 is 52.7. The first-order valence-corrected chi connectivity index (χ1v) is 6.55. The van der Waals surface area contributed by atoms with Crippen molar-refractivity contribution in [3.63, 3.8) is 0 Å². The van der Waals surface area contributed by atoms with Crippen LogP contribution in [-0.4, -0.2) is 27.8 Å². The molecule has 1 heterocycles. The number of hydrogen-bond donors (Lipinski definition) is 0. The lowest BCUT2D eigenvalue weighted by atomic mass is 10.4. The molecule has 9 heteroatoms. The summed E-state index contributed by atoms with van der Waals surface area (Å²) in [5.74, 6) is -1.73. The Bertz CT molecular complexity index is 498. The van der Waals surface area contributed by atoms with Crippen LogP contribution in [0.1, 0.15) is 19.1 Å². The first-order valence-electron chi connectivity index (χ1n) is 5.23. The fraction of sp³-hybridized carbons (Fsp3) is 0.400. The van der Waals surface area contributed by atoms with Crippen LogP contribution in [0.5, 0.6) is 0 Å². The molecule has 0 bridgehead atoms. The lowest BCUT2D eigenvalue weighted by Crippen LogP contribution is -1.99. The zero-order valence-corrected chi connectivity index (χ0v) is 10.8. The van der Waals surface area contributed by atoms with Crippen LogP contribution in [0, 0.1) is 0 Å². The molecule has 0 aliphatic rings. The van der Waals surface area contributed by atoms with Gasteiger partial charge in [0, 0.05) is 12.2 Å². The van der Waals surface area contributed by atoms with Gasteiger partial charge in [0.1, 0.15) is 23.6 Å². The van der Waals surface area contributed by atoms with Crippen LogP contribution >= 0.6 is 0 Å². The van der Waals surface area contributed by atoms with Gasteiger partial charge in [-0.25, -0.2) is 13.6 Å². The highest BCUT2D eigenvalue weighted by Crippen LogP contribution is 2.15. The van der Waals surface area contributed by atoms with E-state index in [0.717, 1.165) is 0 Å². The Kier molecular flexibility index (Phi) is 6.26. The van der Waals surface area contributed by atoms with Crippen LogP contribution in [0.3, 0.4) is 0 Å². The van der Waals surface area contributed by atoms with E-state index in [2.05, 4.69) is 15.0 Å². The van der Waals surface area contributed by atoms with E-state index in [0.29, 0.717) is 6.61 Å². The normalized spacial score (nSPS) is 12.6. The molecule has 106 valence electrons. The van der Waals surface area contributed by atoms with Crippen LogP contribution in [-0.2, 0) is 15.6 Å². The van der Waals surface area contributed by atoms with Crippen LogP contribution in [0.4, 0.5) is 13.2 Å². The maximum Gasteiger partial charge on any atom is 0.301 e. The van der Waals surface area contributed by atoms with Crippen LogP contribution in [0.25, 0.3) is 0 Å². The van der Waals surface area contributed by atoms with Gasteiger partial charge in [0.2, 0.25) is 0 Å². The van der Waals surface area contributed by atoms with Crippen LogP contribution < -0.4 is 0 Å². The van der Waals surface area contributed by atoms with E-state index in [4.69, 9.17) is 4.42 Å². The van der Waals surface area contributed by atoms with Crippen molar-refractivity contribution >= 4 is 17.0 Å². The monoisotopic (exact) mass is 296 g/mol. The van der Waals surface area contributed by atoms with Gasteiger partial charge in [-0.2, -0.15) is 8.78 Å². The maximum absolute atomic E-state index is 12.5. The molecule has 1 rings (SSSR count). The zero-order valence-electron chi connectivity index (χ0n) is 9.94. The second kappa shape index (κ2) is 7.72. The zero-order chi connectivity index (χ0) is 14.3. The third-order valence-electron chi connectivity index (χ3n) is 1.79. The van der Waals surface area contributed by atoms with Crippen LogP contribution in [0.2, 0.25) is 0 Å². The van der Waals surface area contributed by atoms with Gasteiger partial charge in [-0.1, -0.05) is 5.16 Å². The van der Waals surface area contributed by atoms with Gasteiger partial charge in [0.05, 0.1) is 6.20 Å². The third-order valence-corrected chi connectivity index (χ3v) is 2.95. The molecule has 0 aliphatic heterocycles. The number of oxime groups is 1. The average Bonchev–Trinajstić information content (AvgIpc) is 2.84. The largest absolute Gasteiger partial charge is 0.429 e. The van der Waals surface area contributed by atoms with Gasteiger partial charge in [0.25, 0.3) is 5.22 Å². The SMILES string of the molecule is CCO/N=C\c1cnc(S(=O)CCC(F)=C(F)F)o1. The quantitative estimate of drug-likeness (QED) is 0.573. The van der Waals surface area contributed by atoms with Crippen molar-refractivity contribution in [1.29, 1.82) is 0 Å². The summed E-state index contributed by atoms with van der Waals surface area (Å²) in [5, 5.41) is 3.33. The van der Waals surface area contributed by atoms with Gasteiger partial charge in [-0.05, 0) is 6.92 Å². The van der Waals surface area contributed by atoms with Crippen LogP contribution in [0.15, 0.2) is 32.9 Å². The Morgan fingerprint density at radius 1 is 1.58 bits per heavy atom. The summed E-state index contributed by atoms with van der Waals surface area (Å²) in [6.45, 7) is 2.12. The number of allylic oxidation sites excluding steroid dienone is 1. The highest BCUT2D eigenvalue weighted by Gasteiger charge is 2.14. The molecule has 19 heavy (non-hydrogen) atoms. The Hall–Kier alpha value is -1.64. The first-order chi connectivity index (χ1) is 9.04. The number of nitrogens with zero attached hydrogens (tertiary/aromatic N) is 2. The molecular weight excluding hydrogens is 285 g/mol. The number of halogens is 3. The molecule has 1 aromatic rings. The molecule has 5 nitrogen and oxygen atoms in total. The van der Waals surface area contributed by atoms with Crippen molar-refractivity contribution in [1.82, 2.24) is 4.98 Å². The topological polar surface area (TPSA) is 64.7 Å². The van der Waals surface area contributed by atoms with E-state index in [-0.39, 0.29) is 16.7 Å². The predicted molar refractivity (Wildman–Crippen MR) is 62.0 cm³/mol.